The van der Waals surface area contributed by atoms with Crippen LogP contribution in [-0.2, 0) is 5.41 Å². The van der Waals surface area contributed by atoms with Crippen LogP contribution in [0.1, 0.15) is 26.3 Å². The summed E-state index contributed by atoms with van der Waals surface area (Å²) in [4.78, 5) is 0. The smallest absolute Gasteiger partial charge is 0.0433 e. The lowest BCUT2D eigenvalue weighted by Gasteiger charge is -2.19. The molecule has 234 valence electrons. The molecule has 0 N–H and O–H groups in total. The third kappa shape index (κ3) is 5.05. The molecule has 0 fully saturated rings. The quantitative estimate of drug-likeness (QED) is 0.167. The van der Waals surface area contributed by atoms with Crippen molar-refractivity contribution in [3.63, 3.8) is 0 Å². The van der Waals surface area contributed by atoms with Crippen LogP contribution in [-0.4, -0.2) is 0 Å². The maximum Gasteiger partial charge on any atom is 0.0433 e. The number of rotatable bonds is 4. The van der Waals surface area contributed by atoms with Crippen molar-refractivity contribution < 1.29 is 0 Å². The zero-order valence-electron chi connectivity index (χ0n) is 28.0. The van der Waals surface area contributed by atoms with Crippen LogP contribution in [0.3, 0.4) is 0 Å². The van der Waals surface area contributed by atoms with E-state index in [2.05, 4.69) is 185 Å². The molecule has 1 heterocycles. The van der Waals surface area contributed by atoms with Crippen molar-refractivity contribution in [1.29, 1.82) is 0 Å². The van der Waals surface area contributed by atoms with Gasteiger partial charge in [0.15, 0.2) is 0 Å². The van der Waals surface area contributed by atoms with Crippen LogP contribution in [0.5, 0.6) is 0 Å². The highest BCUT2D eigenvalue weighted by Gasteiger charge is 2.19. The SMILES string of the molecule is CC(C)(C)c1ccc2sc3c(-c4cccc(-c5ccc6c(-c7ccccc7)c7ccccc7c(-c7ccccc7)c6c5)c4)cccc3c2c1. The topological polar surface area (TPSA) is 0 Å². The summed E-state index contributed by atoms with van der Waals surface area (Å²) < 4.78 is 2.69. The summed E-state index contributed by atoms with van der Waals surface area (Å²) in [6.45, 7) is 6.88. The summed E-state index contributed by atoms with van der Waals surface area (Å²) in [6, 6.07) is 60.6. The van der Waals surface area contributed by atoms with Crippen LogP contribution in [0.15, 0.2) is 164 Å². The first-order valence-electron chi connectivity index (χ1n) is 17.1. The van der Waals surface area contributed by atoms with Crippen LogP contribution in [0.4, 0.5) is 0 Å². The molecule has 0 atom stereocenters. The summed E-state index contributed by atoms with van der Waals surface area (Å²) in [7, 11) is 0. The van der Waals surface area contributed by atoms with Crippen molar-refractivity contribution in [2.75, 3.05) is 0 Å². The molecular weight excluding hydrogens is 609 g/mol. The van der Waals surface area contributed by atoms with Crippen LogP contribution >= 0.6 is 11.3 Å². The molecule has 0 aliphatic rings. The largest absolute Gasteiger partial charge is 0.135 e. The fraction of sp³-hybridized carbons (Fsp3) is 0.0833. The monoisotopic (exact) mass is 644 g/mol. The molecule has 0 bridgehead atoms. The van der Waals surface area contributed by atoms with Crippen molar-refractivity contribution in [3.05, 3.63) is 169 Å². The Kier molecular flexibility index (Phi) is 7.00. The van der Waals surface area contributed by atoms with E-state index in [1.807, 2.05) is 11.3 Å². The van der Waals surface area contributed by atoms with E-state index in [0.29, 0.717) is 0 Å². The van der Waals surface area contributed by atoms with E-state index < -0.39 is 0 Å². The van der Waals surface area contributed by atoms with Gasteiger partial charge in [-0.05, 0) is 101 Å². The van der Waals surface area contributed by atoms with Gasteiger partial charge in [-0.15, -0.1) is 11.3 Å². The van der Waals surface area contributed by atoms with E-state index in [1.54, 1.807) is 0 Å². The van der Waals surface area contributed by atoms with E-state index in [4.69, 9.17) is 0 Å². The fourth-order valence-corrected chi connectivity index (χ4v) is 8.77. The highest BCUT2D eigenvalue weighted by atomic mass is 32.1. The maximum atomic E-state index is 2.42. The van der Waals surface area contributed by atoms with Gasteiger partial charge < -0.3 is 0 Å². The van der Waals surface area contributed by atoms with Crippen LogP contribution < -0.4 is 0 Å². The van der Waals surface area contributed by atoms with E-state index in [0.717, 1.165) is 0 Å². The number of fused-ring (bicyclic) bond motifs is 5. The van der Waals surface area contributed by atoms with Gasteiger partial charge >= 0.3 is 0 Å². The molecule has 0 radical (unpaired) electrons. The van der Waals surface area contributed by atoms with Crippen molar-refractivity contribution in [2.24, 2.45) is 0 Å². The van der Waals surface area contributed by atoms with Crippen molar-refractivity contribution in [1.82, 2.24) is 0 Å². The molecule has 1 aromatic heterocycles. The Morgan fingerprint density at radius 3 is 1.61 bits per heavy atom. The Hall–Kier alpha value is -5.50. The van der Waals surface area contributed by atoms with Gasteiger partial charge in [-0.2, -0.15) is 0 Å². The first-order chi connectivity index (χ1) is 23.9. The van der Waals surface area contributed by atoms with Gasteiger partial charge in [-0.3, -0.25) is 0 Å². The van der Waals surface area contributed by atoms with Gasteiger partial charge in [-0.1, -0.05) is 160 Å². The molecule has 0 saturated heterocycles. The van der Waals surface area contributed by atoms with Gasteiger partial charge in [-0.25, -0.2) is 0 Å². The second-order valence-electron chi connectivity index (χ2n) is 14.1. The predicted molar refractivity (Wildman–Crippen MR) is 215 cm³/mol. The van der Waals surface area contributed by atoms with E-state index >= 15 is 0 Å². The average Bonchev–Trinajstić information content (AvgIpc) is 3.52. The van der Waals surface area contributed by atoms with Gasteiger partial charge in [0, 0.05) is 20.2 Å². The van der Waals surface area contributed by atoms with Crippen molar-refractivity contribution in [2.45, 2.75) is 26.2 Å². The van der Waals surface area contributed by atoms with Crippen LogP contribution in [0.2, 0.25) is 0 Å². The molecule has 49 heavy (non-hydrogen) atoms. The Balaban J connectivity index is 1.25. The molecular formula is C48H36S. The number of thiophene rings is 1. The Bertz CT molecular complexity index is 2670. The molecule has 8 aromatic carbocycles. The van der Waals surface area contributed by atoms with Gasteiger partial charge in [0.2, 0.25) is 0 Å². The zero-order chi connectivity index (χ0) is 33.1. The molecule has 0 aliphatic heterocycles. The minimum Gasteiger partial charge on any atom is -0.135 e. The lowest BCUT2D eigenvalue weighted by Crippen LogP contribution is -2.10. The summed E-state index contributed by atoms with van der Waals surface area (Å²) in [5.74, 6) is 0. The molecule has 0 nitrogen and oxygen atoms in total. The molecule has 9 rings (SSSR count). The molecule has 0 unspecified atom stereocenters. The first-order valence-corrected chi connectivity index (χ1v) is 17.9. The minimum atomic E-state index is 0.114. The Morgan fingerprint density at radius 1 is 0.367 bits per heavy atom. The normalized spacial score (nSPS) is 12.0. The molecule has 1 heteroatoms. The Labute approximate surface area is 291 Å². The van der Waals surface area contributed by atoms with Crippen molar-refractivity contribution >= 4 is 53.1 Å². The summed E-state index contributed by atoms with van der Waals surface area (Å²) >= 11 is 1.91. The van der Waals surface area contributed by atoms with Gasteiger partial charge in [0.05, 0.1) is 0 Å². The lowest BCUT2D eigenvalue weighted by atomic mass is 9.85. The third-order valence-corrected chi connectivity index (χ3v) is 11.2. The maximum absolute atomic E-state index is 2.42. The van der Waals surface area contributed by atoms with Gasteiger partial charge in [0.1, 0.15) is 0 Å². The van der Waals surface area contributed by atoms with Crippen LogP contribution in [0.25, 0.3) is 86.2 Å². The number of benzene rings is 8. The molecule has 0 saturated carbocycles. The van der Waals surface area contributed by atoms with E-state index in [-0.39, 0.29) is 5.41 Å². The fourth-order valence-electron chi connectivity index (χ4n) is 7.55. The Morgan fingerprint density at radius 2 is 0.918 bits per heavy atom. The highest BCUT2D eigenvalue weighted by Crippen LogP contribution is 2.46. The third-order valence-electron chi connectivity index (χ3n) is 10.0. The molecule has 0 aliphatic carbocycles. The minimum absolute atomic E-state index is 0.114. The first kappa shape index (κ1) is 29.6. The number of hydrogen-bond acceptors (Lipinski definition) is 1. The van der Waals surface area contributed by atoms with Gasteiger partial charge in [0.25, 0.3) is 0 Å². The summed E-state index contributed by atoms with van der Waals surface area (Å²) in [6.07, 6.45) is 0. The molecule has 9 aromatic rings. The predicted octanol–water partition coefficient (Wildman–Crippen LogP) is 14.3. The second-order valence-corrected chi connectivity index (χ2v) is 15.2. The highest BCUT2D eigenvalue weighted by molar-refractivity contribution is 7.26. The van der Waals surface area contributed by atoms with E-state index in [1.165, 1.54) is 91.8 Å². The summed E-state index contributed by atoms with van der Waals surface area (Å²) in [5.41, 5.74) is 11.5. The molecule has 0 spiro atoms. The van der Waals surface area contributed by atoms with Crippen molar-refractivity contribution in [3.8, 4) is 44.5 Å². The zero-order valence-corrected chi connectivity index (χ0v) is 28.8. The molecule has 0 amide bonds. The second kappa shape index (κ2) is 11.6. The average molecular weight is 645 g/mol. The summed E-state index contributed by atoms with van der Waals surface area (Å²) in [5, 5.41) is 7.79. The lowest BCUT2D eigenvalue weighted by molar-refractivity contribution is 0.591. The van der Waals surface area contributed by atoms with Crippen LogP contribution in [0, 0.1) is 0 Å². The standard InChI is InChI=1S/C48H36S/c1-48(2,3)36-25-27-44-42(30-36)41-23-13-22-37(47(41)49-44)35-19-12-18-33(28-35)34-24-26-40-43(29-34)46(32-16-8-5-9-17-32)39-21-11-10-20-38(39)45(40)31-14-6-4-7-15-31/h4-30H,1-3H3. The van der Waals surface area contributed by atoms with E-state index in [9.17, 15) is 0 Å². The number of hydrogen-bond donors (Lipinski definition) is 0.